The number of anilines is 1. The van der Waals surface area contributed by atoms with E-state index in [0.717, 1.165) is 36.4 Å². The van der Waals surface area contributed by atoms with Crippen LogP contribution in [0.5, 0.6) is 0 Å². The van der Waals surface area contributed by atoms with Crippen LogP contribution < -0.4 is 4.72 Å². The van der Waals surface area contributed by atoms with Crippen LogP contribution in [0.1, 0.15) is 15.9 Å². The lowest BCUT2D eigenvalue weighted by Gasteiger charge is -2.13. The van der Waals surface area contributed by atoms with Gasteiger partial charge in [0.15, 0.2) is 0 Å². The Morgan fingerprint density at radius 3 is 2.17 bits per heavy atom. The van der Waals surface area contributed by atoms with Gasteiger partial charge in [-0.2, -0.15) is 13.2 Å². The summed E-state index contributed by atoms with van der Waals surface area (Å²) in [4.78, 5) is 10.4. The lowest BCUT2D eigenvalue weighted by molar-refractivity contribution is -0.137. The van der Waals surface area contributed by atoms with E-state index in [1.165, 1.54) is 0 Å². The fraction of sp³-hybridized carbons (Fsp3) is 0.0714. The molecule has 0 unspecified atom stereocenters. The lowest BCUT2D eigenvalue weighted by atomic mass is 10.2. The smallest absolute Gasteiger partial charge is 0.417 e. The Morgan fingerprint density at radius 2 is 1.67 bits per heavy atom. The monoisotopic (exact) mass is 379 g/mol. The van der Waals surface area contributed by atoms with Crippen molar-refractivity contribution in [3.63, 3.8) is 0 Å². The summed E-state index contributed by atoms with van der Waals surface area (Å²) < 4.78 is 64.7. The Balaban J connectivity index is 2.34. The highest BCUT2D eigenvalue weighted by molar-refractivity contribution is 7.92. The van der Waals surface area contributed by atoms with Crippen molar-refractivity contribution in [2.45, 2.75) is 11.1 Å². The van der Waals surface area contributed by atoms with Gasteiger partial charge in [0.2, 0.25) is 0 Å². The molecule has 2 N–H and O–H groups in total. The number of carboxylic acid groups (broad SMARTS) is 1. The van der Waals surface area contributed by atoms with Gasteiger partial charge in [-0.15, -0.1) is 0 Å². The topological polar surface area (TPSA) is 83.5 Å². The van der Waals surface area contributed by atoms with Crippen molar-refractivity contribution in [1.82, 2.24) is 0 Å². The summed E-state index contributed by atoms with van der Waals surface area (Å²) in [5.74, 6) is -1.24. The summed E-state index contributed by atoms with van der Waals surface area (Å²) in [6.45, 7) is 0. The first-order valence-electron chi connectivity index (χ1n) is 6.23. The lowest BCUT2D eigenvalue weighted by Crippen LogP contribution is -2.14. The van der Waals surface area contributed by atoms with Gasteiger partial charge >= 0.3 is 12.1 Å². The number of benzene rings is 2. The highest BCUT2D eigenvalue weighted by Gasteiger charge is 2.33. The third-order valence-electron chi connectivity index (χ3n) is 2.94. The van der Waals surface area contributed by atoms with E-state index in [9.17, 15) is 26.4 Å². The molecular formula is C14H9ClF3NO4S. The summed E-state index contributed by atoms with van der Waals surface area (Å²) in [6, 6.07) is 6.79. The normalized spacial score (nSPS) is 12.0. The molecule has 2 aromatic carbocycles. The van der Waals surface area contributed by atoms with Crippen molar-refractivity contribution in [3.05, 3.63) is 58.6 Å². The number of aromatic carboxylic acids is 1. The van der Waals surface area contributed by atoms with Crippen molar-refractivity contribution in [3.8, 4) is 0 Å². The van der Waals surface area contributed by atoms with Crippen molar-refractivity contribution < 1.29 is 31.5 Å². The number of carbonyl (C=O) groups is 1. The predicted octanol–water partition coefficient (Wildman–Crippen LogP) is 3.86. The third kappa shape index (κ3) is 3.98. The molecule has 0 aliphatic heterocycles. The molecule has 0 aliphatic rings. The van der Waals surface area contributed by atoms with Crippen molar-refractivity contribution in [2.24, 2.45) is 0 Å². The second-order valence-electron chi connectivity index (χ2n) is 4.63. The van der Waals surface area contributed by atoms with Crippen LogP contribution in [0.3, 0.4) is 0 Å². The van der Waals surface area contributed by atoms with Crippen LogP contribution in [-0.4, -0.2) is 19.5 Å². The van der Waals surface area contributed by atoms with Crippen LogP contribution in [0.4, 0.5) is 18.9 Å². The van der Waals surface area contributed by atoms with Crippen LogP contribution in [0.2, 0.25) is 5.02 Å². The fourth-order valence-electron chi connectivity index (χ4n) is 1.80. The average molecular weight is 380 g/mol. The molecule has 0 heterocycles. The molecule has 0 aliphatic carbocycles. The summed E-state index contributed by atoms with van der Waals surface area (Å²) >= 11 is 5.46. The summed E-state index contributed by atoms with van der Waals surface area (Å²) in [5.41, 5.74) is -1.63. The van der Waals surface area contributed by atoms with Crippen LogP contribution in [0.25, 0.3) is 0 Å². The molecule has 0 amide bonds. The van der Waals surface area contributed by atoms with Gasteiger partial charge in [0, 0.05) is 5.69 Å². The number of alkyl halides is 3. The Bertz CT molecular complexity index is 880. The Labute approximate surface area is 139 Å². The first-order valence-corrected chi connectivity index (χ1v) is 8.10. The molecule has 2 rings (SSSR count). The van der Waals surface area contributed by atoms with Crippen molar-refractivity contribution >= 4 is 33.3 Å². The number of carboxylic acids is 1. The van der Waals surface area contributed by atoms with Crippen molar-refractivity contribution in [2.75, 3.05) is 4.72 Å². The second-order valence-corrected chi connectivity index (χ2v) is 6.72. The number of hydrogen-bond donors (Lipinski definition) is 2. The van der Waals surface area contributed by atoms with Crippen molar-refractivity contribution in [1.29, 1.82) is 0 Å². The first-order chi connectivity index (χ1) is 11.0. The molecule has 0 aromatic heterocycles. The molecule has 0 radical (unpaired) electrons. The minimum atomic E-state index is -4.73. The molecular weight excluding hydrogens is 371 g/mol. The molecule has 128 valence electrons. The van der Waals surface area contributed by atoms with Gasteiger partial charge in [0.25, 0.3) is 10.0 Å². The number of sulfonamides is 1. The molecule has 2 aromatic rings. The largest absolute Gasteiger partial charge is 0.478 e. The summed E-state index contributed by atoms with van der Waals surface area (Å²) in [5, 5.41) is 8.20. The SMILES string of the molecule is O=C(O)c1ccc(S(=O)(=O)Nc2ccc(Cl)c(C(F)(F)F)c2)cc1. The van der Waals surface area contributed by atoms with E-state index in [2.05, 4.69) is 0 Å². The zero-order valence-electron chi connectivity index (χ0n) is 11.6. The van der Waals surface area contributed by atoms with Gasteiger partial charge < -0.3 is 5.11 Å². The second kappa shape index (κ2) is 6.33. The molecule has 0 saturated carbocycles. The quantitative estimate of drug-likeness (QED) is 0.845. The van der Waals surface area contributed by atoms with Gasteiger partial charge in [-0.25, -0.2) is 13.2 Å². The number of rotatable bonds is 4. The Morgan fingerprint density at radius 1 is 1.08 bits per heavy atom. The Kier molecular flexibility index (Phi) is 4.77. The first kappa shape index (κ1) is 18.1. The predicted molar refractivity (Wildman–Crippen MR) is 80.7 cm³/mol. The van der Waals surface area contributed by atoms with Crippen LogP contribution >= 0.6 is 11.6 Å². The van der Waals surface area contributed by atoms with Gasteiger partial charge in [-0.3, -0.25) is 4.72 Å². The van der Waals surface area contributed by atoms with E-state index in [4.69, 9.17) is 16.7 Å². The fourth-order valence-corrected chi connectivity index (χ4v) is 3.07. The minimum Gasteiger partial charge on any atom is -0.478 e. The maximum absolute atomic E-state index is 12.8. The molecule has 10 heteroatoms. The van der Waals surface area contributed by atoms with Crippen LogP contribution in [-0.2, 0) is 16.2 Å². The number of nitrogens with one attached hydrogen (secondary N) is 1. The van der Waals surface area contributed by atoms with Gasteiger partial charge in [0.1, 0.15) is 0 Å². The van der Waals surface area contributed by atoms with Gasteiger partial charge in [-0.1, -0.05) is 11.6 Å². The molecule has 0 atom stereocenters. The summed E-state index contributed by atoms with van der Waals surface area (Å²) in [7, 11) is -4.18. The van der Waals surface area contributed by atoms with E-state index >= 15 is 0 Å². The maximum atomic E-state index is 12.8. The molecule has 0 bridgehead atoms. The third-order valence-corrected chi connectivity index (χ3v) is 4.66. The highest BCUT2D eigenvalue weighted by Crippen LogP contribution is 2.36. The molecule has 0 saturated heterocycles. The summed E-state index contributed by atoms with van der Waals surface area (Å²) in [6.07, 6.45) is -4.73. The number of hydrogen-bond acceptors (Lipinski definition) is 3. The van der Waals surface area contributed by atoms with E-state index < -0.39 is 32.8 Å². The van der Waals surface area contributed by atoms with Gasteiger partial charge in [0.05, 0.1) is 21.0 Å². The average Bonchev–Trinajstić information content (AvgIpc) is 2.48. The van der Waals surface area contributed by atoms with E-state index in [1.807, 2.05) is 4.72 Å². The maximum Gasteiger partial charge on any atom is 0.417 e. The zero-order valence-corrected chi connectivity index (χ0v) is 13.2. The molecule has 0 spiro atoms. The minimum absolute atomic E-state index is 0.125. The number of halogens is 4. The van der Waals surface area contributed by atoms with Crippen LogP contribution in [0.15, 0.2) is 47.4 Å². The van der Waals surface area contributed by atoms with E-state index in [-0.39, 0.29) is 16.1 Å². The highest BCUT2D eigenvalue weighted by atomic mass is 35.5. The molecule has 5 nitrogen and oxygen atoms in total. The van der Waals surface area contributed by atoms with Gasteiger partial charge in [-0.05, 0) is 42.5 Å². The standard InChI is InChI=1S/C14H9ClF3NO4S/c15-12-6-3-9(7-11(12)14(16,17)18)19-24(22,23)10-4-1-8(2-5-10)13(20)21/h1-7,19H,(H,20,21). The van der Waals surface area contributed by atoms with Crippen LogP contribution in [0, 0.1) is 0 Å². The van der Waals surface area contributed by atoms with E-state index in [1.54, 1.807) is 0 Å². The van der Waals surface area contributed by atoms with E-state index in [0.29, 0.717) is 6.07 Å². The Hall–Kier alpha value is -2.26. The molecule has 24 heavy (non-hydrogen) atoms. The molecule has 0 fully saturated rings. The zero-order chi connectivity index (χ0) is 18.1.